The monoisotopic (exact) mass is 283 g/mol. The van der Waals surface area contributed by atoms with Crippen molar-refractivity contribution in [2.45, 2.75) is 39.5 Å². The van der Waals surface area contributed by atoms with E-state index in [0.717, 1.165) is 19.5 Å². The fourth-order valence-corrected chi connectivity index (χ4v) is 2.67. The maximum Gasteiger partial charge on any atom is 0.144 e. The van der Waals surface area contributed by atoms with Gasteiger partial charge in [-0.1, -0.05) is 38.9 Å². The second kappa shape index (κ2) is 6.39. The highest BCUT2D eigenvalue weighted by Crippen LogP contribution is 2.27. The SMILES string of the molecule is CC(C)(CCNCC(C)(C)c1cccs1)/C(N)=N/O. The highest BCUT2D eigenvalue weighted by Gasteiger charge is 2.24. The molecule has 0 fully saturated rings. The predicted molar refractivity (Wildman–Crippen MR) is 82.0 cm³/mol. The van der Waals surface area contributed by atoms with Crippen LogP contribution in [-0.2, 0) is 5.41 Å². The molecular weight excluding hydrogens is 258 g/mol. The Morgan fingerprint density at radius 3 is 2.63 bits per heavy atom. The summed E-state index contributed by atoms with van der Waals surface area (Å²) in [5.74, 6) is 0.284. The zero-order chi connectivity index (χ0) is 14.5. The zero-order valence-electron chi connectivity index (χ0n) is 12.2. The van der Waals surface area contributed by atoms with Crippen LogP contribution in [-0.4, -0.2) is 24.1 Å². The van der Waals surface area contributed by atoms with E-state index in [-0.39, 0.29) is 16.7 Å². The van der Waals surface area contributed by atoms with Gasteiger partial charge in [0.05, 0.1) is 0 Å². The molecule has 0 saturated carbocycles. The van der Waals surface area contributed by atoms with Crippen LogP contribution in [0.1, 0.15) is 39.0 Å². The highest BCUT2D eigenvalue weighted by molar-refractivity contribution is 7.10. The zero-order valence-corrected chi connectivity index (χ0v) is 13.0. The molecule has 0 spiro atoms. The number of thiophene rings is 1. The number of amidine groups is 1. The number of nitrogens with one attached hydrogen (secondary N) is 1. The smallest absolute Gasteiger partial charge is 0.144 e. The molecule has 0 atom stereocenters. The van der Waals surface area contributed by atoms with Crippen molar-refractivity contribution < 1.29 is 5.21 Å². The molecule has 0 aliphatic rings. The highest BCUT2D eigenvalue weighted by atomic mass is 32.1. The maximum absolute atomic E-state index is 8.73. The van der Waals surface area contributed by atoms with Crippen LogP contribution < -0.4 is 11.1 Å². The Morgan fingerprint density at radius 2 is 2.11 bits per heavy atom. The molecule has 0 saturated heterocycles. The van der Waals surface area contributed by atoms with Crippen LogP contribution in [0.15, 0.2) is 22.7 Å². The Morgan fingerprint density at radius 1 is 1.42 bits per heavy atom. The third kappa shape index (κ3) is 4.51. The fraction of sp³-hybridized carbons (Fsp3) is 0.643. The molecular formula is C14H25N3OS. The van der Waals surface area contributed by atoms with Crippen molar-refractivity contribution in [2.24, 2.45) is 16.3 Å². The van der Waals surface area contributed by atoms with Gasteiger partial charge in [-0.2, -0.15) is 0 Å². The molecule has 4 nitrogen and oxygen atoms in total. The van der Waals surface area contributed by atoms with Crippen LogP contribution in [0.5, 0.6) is 0 Å². The lowest BCUT2D eigenvalue weighted by Gasteiger charge is -2.26. The molecule has 1 rings (SSSR count). The van der Waals surface area contributed by atoms with Crippen LogP contribution in [0.4, 0.5) is 0 Å². The lowest BCUT2D eigenvalue weighted by molar-refractivity contribution is 0.304. The molecule has 1 aromatic heterocycles. The summed E-state index contributed by atoms with van der Waals surface area (Å²) in [5, 5.41) is 17.4. The van der Waals surface area contributed by atoms with Gasteiger partial charge in [0.2, 0.25) is 0 Å². The summed E-state index contributed by atoms with van der Waals surface area (Å²) in [7, 11) is 0. The van der Waals surface area contributed by atoms with E-state index in [9.17, 15) is 0 Å². The number of hydrogen-bond acceptors (Lipinski definition) is 4. The number of rotatable bonds is 7. The first-order chi connectivity index (χ1) is 8.79. The minimum absolute atomic E-state index is 0.134. The number of hydrogen-bond donors (Lipinski definition) is 3. The number of oxime groups is 1. The molecule has 0 amide bonds. The lowest BCUT2D eigenvalue weighted by Crippen LogP contribution is -2.38. The van der Waals surface area contributed by atoms with E-state index in [4.69, 9.17) is 10.9 Å². The van der Waals surface area contributed by atoms with Gasteiger partial charge >= 0.3 is 0 Å². The van der Waals surface area contributed by atoms with E-state index in [1.807, 2.05) is 13.8 Å². The average molecular weight is 283 g/mol. The van der Waals surface area contributed by atoms with E-state index < -0.39 is 0 Å². The first-order valence-electron chi connectivity index (χ1n) is 6.52. The van der Waals surface area contributed by atoms with Gasteiger partial charge in [-0.3, -0.25) is 0 Å². The lowest BCUT2D eigenvalue weighted by atomic mass is 9.87. The molecule has 0 bridgehead atoms. The van der Waals surface area contributed by atoms with E-state index in [1.54, 1.807) is 11.3 Å². The molecule has 5 heteroatoms. The van der Waals surface area contributed by atoms with Gasteiger partial charge in [0.25, 0.3) is 0 Å². The normalized spacial score (nSPS) is 13.8. The van der Waals surface area contributed by atoms with Gasteiger partial charge in [-0.15, -0.1) is 11.3 Å². The Balaban J connectivity index is 2.39. The second-order valence-electron chi connectivity index (χ2n) is 6.16. The molecule has 19 heavy (non-hydrogen) atoms. The largest absolute Gasteiger partial charge is 0.409 e. The van der Waals surface area contributed by atoms with Crippen molar-refractivity contribution in [3.8, 4) is 0 Å². The molecule has 0 aliphatic carbocycles. The van der Waals surface area contributed by atoms with Gasteiger partial charge in [0.15, 0.2) is 0 Å². The summed E-state index contributed by atoms with van der Waals surface area (Å²) < 4.78 is 0. The van der Waals surface area contributed by atoms with Gasteiger partial charge in [-0.05, 0) is 24.4 Å². The van der Waals surface area contributed by atoms with E-state index in [1.165, 1.54) is 4.88 Å². The Labute approximate surface area is 119 Å². The summed E-state index contributed by atoms with van der Waals surface area (Å²) in [6, 6.07) is 4.26. The molecule has 0 aliphatic heterocycles. The van der Waals surface area contributed by atoms with Gasteiger partial charge in [0.1, 0.15) is 5.84 Å². The summed E-state index contributed by atoms with van der Waals surface area (Å²) in [5.41, 5.74) is 5.52. The quantitative estimate of drug-likeness (QED) is 0.237. The van der Waals surface area contributed by atoms with Crippen LogP contribution in [0.3, 0.4) is 0 Å². The number of nitrogens with zero attached hydrogens (tertiary/aromatic N) is 1. The molecule has 0 unspecified atom stereocenters. The van der Waals surface area contributed by atoms with Crippen molar-refractivity contribution in [1.29, 1.82) is 0 Å². The summed E-state index contributed by atoms with van der Waals surface area (Å²) in [6.45, 7) is 10.2. The second-order valence-corrected chi connectivity index (χ2v) is 7.10. The van der Waals surface area contributed by atoms with Crippen LogP contribution in [0.25, 0.3) is 0 Å². The summed E-state index contributed by atoms with van der Waals surface area (Å²) >= 11 is 1.79. The fourth-order valence-electron chi connectivity index (χ4n) is 1.82. The predicted octanol–water partition coefficient (Wildman–Crippen LogP) is 2.78. The standard InChI is InChI=1S/C14H25N3OS/c1-13(2,12(15)17-18)7-8-16-10-14(3,4)11-6-5-9-19-11/h5-6,9,16,18H,7-8,10H2,1-4H3,(H2,15,17). The molecule has 108 valence electrons. The minimum atomic E-state index is -0.283. The average Bonchev–Trinajstić information content (AvgIpc) is 2.88. The van der Waals surface area contributed by atoms with Gasteiger partial charge < -0.3 is 16.3 Å². The van der Waals surface area contributed by atoms with Crippen LogP contribution in [0.2, 0.25) is 0 Å². The number of nitrogens with two attached hydrogens (primary N) is 1. The van der Waals surface area contributed by atoms with E-state index >= 15 is 0 Å². The Kier molecular flexibility index (Phi) is 5.38. The summed E-state index contributed by atoms with van der Waals surface area (Å²) in [4.78, 5) is 1.38. The van der Waals surface area contributed by atoms with Gasteiger partial charge in [-0.25, -0.2) is 0 Å². The van der Waals surface area contributed by atoms with Crippen LogP contribution in [0, 0.1) is 5.41 Å². The molecule has 0 radical (unpaired) electrons. The Bertz CT molecular complexity index is 410. The first-order valence-corrected chi connectivity index (χ1v) is 7.40. The van der Waals surface area contributed by atoms with Crippen molar-refractivity contribution in [1.82, 2.24) is 5.32 Å². The van der Waals surface area contributed by atoms with Crippen molar-refractivity contribution >= 4 is 17.2 Å². The van der Waals surface area contributed by atoms with Crippen LogP contribution >= 0.6 is 11.3 Å². The van der Waals surface area contributed by atoms with E-state index in [0.29, 0.717) is 0 Å². The molecule has 4 N–H and O–H groups in total. The van der Waals surface area contributed by atoms with Gasteiger partial charge in [0, 0.05) is 22.3 Å². The van der Waals surface area contributed by atoms with Crippen molar-refractivity contribution in [3.05, 3.63) is 22.4 Å². The molecule has 1 heterocycles. The minimum Gasteiger partial charge on any atom is -0.409 e. The third-order valence-corrected chi connectivity index (χ3v) is 4.72. The summed E-state index contributed by atoms with van der Waals surface area (Å²) in [6.07, 6.45) is 0.837. The first kappa shape index (κ1) is 16.0. The Hall–Kier alpha value is -1.07. The van der Waals surface area contributed by atoms with E-state index in [2.05, 4.69) is 41.8 Å². The molecule has 0 aromatic carbocycles. The molecule has 1 aromatic rings. The maximum atomic E-state index is 8.73. The van der Waals surface area contributed by atoms with Crippen molar-refractivity contribution in [3.63, 3.8) is 0 Å². The topological polar surface area (TPSA) is 70.6 Å². The van der Waals surface area contributed by atoms with Crippen molar-refractivity contribution in [2.75, 3.05) is 13.1 Å². The third-order valence-electron chi connectivity index (χ3n) is 3.48.